The molecule has 1 aliphatic rings. The molecule has 0 saturated heterocycles. The van der Waals surface area contributed by atoms with Crippen LogP contribution < -0.4 is 5.43 Å². The molecule has 2 N–H and O–H groups in total. The molecule has 0 radical (unpaired) electrons. The van der Waals surface area contributed by atoms with Gasteiger partial charge < -0.3 is 5.11 Å². The molecule has 0 unspecified atom stereocenters. The van der Waals surface area contributed by atoms with Crippen LogP contribution in [0.4, 0.5) is 5.69 Å². The van der Waals surface area contributed by atoms with Crippen LogP contribution in [0.2, 0.25) is 0 Å². The third kappa shape index (κ3) is 2.22. The zero-order valence-electron chi connectivity index (χ0n) is 7.97. The molecule has 76 valence electrons. The van der Waals surface area contributed by atoms with Gasteiger partial charge >= 0.3 is 5.97 Å². The Morgan fingerprint density at radius 3 is 2.93 bits per heavy atom. The molecule has 0 atom stereocenters. The highest BCUT2D eigenvalue weighted by molar-refractivity contribution is 6.08. The average Bonchev–Trinajstić information content (AvgIpc) is 2.41. The van der Waals surface area contributed by atoms with Crippen LogP contribution >= 0.6 is 0 Å². The van der Waals surface area contributed by atoms with Crippen molar-refractivity contribution < 1.29 is 9.90 Å². The Labute approximate surface area is 86.9 Å². The van der Waals surface area contributed by atoms with Crippen LogP contribution in [0.3, 0.4) is 0 Å². The van der Waals surface area contributed by atoms with Crippen molar-refractivity contribution in [3.05, 3.63) is 35.9 Å². The SMILES string of the molecule is O=C(O)CC1=NNc2ccccc2C=C1. The second kappa shape index (κ2) is 3.96. The molecular formula is C11H10N2O2. The number of carboxylic acid groups (broad SMARTS) is 1. The number of carbonyl (C=O) groups is 1. The summed E-state index contributed by atoms with van der Waals surface area (Å²) in [5.41, 5.74) is 5.24. The molecule has 0 fully saturated rings. The molecule has 0 spiro atoms. The lowest BCUT2D eigenvalue weighted by Gasteiger charge is -2.01. The summed E-state index contributed by atoms with van der Waals surface area (Å²) in [6.07, 6.45) is 3.50. The minimum atomic E-state index is -0.883. The first-order valence-corrected chi connectivity index (χ1v) is 4.57. The number of rotatable bonds is 2. The smallest absolute Gasteiger partial charge is 0.309 e. The summed E-state index contributed by atoms with van der Waals surface area (Å²) < 4.78 is 0. The fourth-order valence-corrected chi connectivity index (χ4v) is 1.35. The fourth-order valence-electron chi connectivity index (χ4n) is 1.35. The molecule has 0 saturated carbocycles. The molecule has 1 aromatic carbocycles. The first-order valence-electron chi connectivity index (χ1n) is 4.57. The van der Waals surface area contributed by atoms with Gasteiger partial charge in [0.1, 0.15) is 0 Å². The average molecular weight is 202 g/mol. The highest BCUT2D eigenvalue weighted by Gasteiger charge is 2.06. The van der Waals surface area contributed by atoms with Gasteiger partial charge in [0.25, 0.3) is 0 Å². The molecule has 0 amide bonds. The molecule has 4 heteroatoms. The zero-order chi connectivity index (χ0) is 10.7. The first kappa shape index (κ1) is 9.45. The number of hydrazone groups is 1. The highest BCUT2D eigenvalue weighted by atomic mass is 16.4. The van der Waals surface area contributed by atoms with Crippen molar-refractivity contribution >= 4 is 23.4 Å². The topological polar surface area (TPSA) is 61.7 Å². The second-order valence-corrected chi connectivity index (χ2v) is 3.21. The fraction of sp³-hybridized carbons (Fsp3) is 0.0909. The summed E-state index contributed by atoms with van der Waals surface area (Å²) >= 11 is 0. The standard InChI is InChI=1S/C11H10N2O2/c14-11(15)7-9-6-5-8-3-1-2-4-10(8)13-12-9/h1-6,13H,7H2,(H,14,15). The Hall–Kier alpha value is -2.10. The van der Waals surface area contributed by atoms with Crippen LogP contribution in [0, 0.1) is 0 Å². The summed E-state index contributed by atoms with van der Waals surface area (Å²) in [5, 5.41) is 12.6. The maximum atomic E-state index is 10.5. The van der Waals surface area contributed by atoms with E-state index in [1.807, 2.05) is 30.3 Å². The number of nitrogens with one attached hydrogen (secondary N) is 1. The van der Waals surface area contributed by atoms with Crippen LogP contribution in [0.15, 0.2) is 35.4 Å². The number of aliphatic carboxylic acids is 1. The molecule has 1 heterocycles. The Balaban J connectivity index is 2.25. The molecule has 1 aromatic rings. The van der Waals surface area contributed by atoms with Gasteiger partial charge in [0.05, 0.1) is 17.8 Å². The van der Waals surface area contributed by atoms with Crippen molar-refractivity contribution in [2.75, 3.05) is 5.43 Å². The van der Waals surface area contributed by atoms with E-state index >= 15 is 0 Å². The molecule has 0 aliphatic carbocycles. The molecule has 4 nitrogen and oxygen atoms in total. The van der Waals surface area contributed by atoms with Gasteiger partial charge in [-0.2, -0.15) is 5.10 Å². The Kier molecular flexibility index (Phi) is 2.49. The maximum Gasteiger partial charge on any atom is 0.309 e. The van der Waals surface area contributed by atoms with Crippen molar-refractivity contribution in [3.63, 3.8) is 0 Å². The van der Waals surface area contributed by atoms with Gasteiger partial charge in [-0.1, -0.05) is 24.3 Å². The van der Waals surface area contributed by atoms with E-state index in [-0.39, 0.29) is 6.42 Å². The lowest BCUT2D eigenvalue weighted by molar-refractivity contribution is -0.135. The minimum Gasteiger partial charge on any atom is -0.481 e. The van der Waals surface area contributed by atoms with Crippen LogP contribution in [0.25, 0.3) is 6.08 Å². The van der Waals surface area contributed by atoms with Gasteiger partial charge in [-0.05, 0) is 17.7 Å². The third-order valence-corrected chi connectivity index (χ3v) is 2.07. The van der Waals surface area contributed by atoms with E-state index in [0.29, 0.717) is 5.71 Å². The number of carboxylic acids is 1. The van der Waals surface area contributed by atoms with Crippen LogP contribution in [0.5, 0.6) is 0 Å². The van der Waals surface area contributed by atoms with Gasteiger partial charge in [0, 0.05) is 0 Å². The number of benzene rings is 1. The lowest BCUT2D eigenvalue weighted by atomic mass is 10.1. The van der Waals surface area contributed by atoms with Gasteiger partial charge in [-0.3, -0.25) is 10.2 Å². The van der Waals surface area contributed by atoms with E-state index in [2.05, 4.69) is 10.5 Å². The molecule has 0 bridgehead atoms. The molecule has 0 aromatic heterocycles. The van der Waals surface area contributed by atoms with Gasteiger partial charge in [-0.25, -0.2) is 0 Å². The Bertz CT molecular complexity index is 450. The van der Waals surface area contributed by atoms with E-state index in [0.717, 1.165) is 11.3 Å². The van der Waals surface area contributed by atoms with E-state index in [4.69, 9.17) is 5.11 Å². The minimum absolute atomic E-state index is 0.0719. The highest BCUT2D eigenvalue weighted by Crippen LogP contribution is 2.19. The predicted octanol–water partition coefficient (Wildman–Crippen LogP) is 1.96. The number of hydrogen-bond acceptors (Lipinski definition) is 3. The molecule has 1 aliphatic heterocycles. The Morgan fingerprint density at radius 1 is 1.33 bits per heavy atom. The quantitative estimate of drug-likeness (QED) is 0.770. The van der Waals surface area contributed by atoms with Crippen molar-refractivity contribution in [1.29, 1.82) is 0 Å². The normalized spacial score (nSPS) is 13.5. The van der Waals surface area contributed by atoms with E-state index in [1.54, 1.807) is 6.08 Å². The van der Waals surface area contributed by atoms with Crippen LogP contribution in [-0.4, -0.2) is 16.8 Å². The summed E-state index contributed by atoms with van der Waals surface area (Å²) in [5.74, 6) is -0.883. The summed E-state index contributed by atoms with van der Waals surface area (Å²) in [7, 11) is 0. The summed E-state index contributed by atoms with van der Waals surface area (Å²) in [6.45, 7) is 0. The molecular weight excluding hydrogens is 192 g/mol. The number of allylic oxidation sites excluding steroid dienone is 1. The number of fused-ring (bicyclic) bond motifs is 1. The van der Waals surface area contributed by atoms with Crippen molar-refractivity contribution in [1.82, 2.24) is 0 Å². The van der Waals surface area contributed by atoms with E-state index < -0.39 is 5.97 Å². The monoisotopic (exact) mass is 202 g/mol. The number of para-hydroxylation sites is 1. The zero-order valence-corrected chi connectivity index (χ0v) is 7.97. The first-order chi connectivity index (χ1) is 7.25. The number of anilines is 1. The van der Waals surface area contributed by atoms with Gasteiger partial charge in [0.15, 0.2) is 0 Å². The Morgan fingerprint density at radius 2 is 2.13 bits per heavy atom. The van der Waals surface area contributed by atoms with Crippen molar-refractivity contribution in [2.24, 2.45) is 5.10 Å². The van der Waals surface area contributed by atoms with Crippen LogP contribution in [-0.2, 0) is 4.79 Å². The predicted molar refractivity (Wildman–Crippen MR) is 58.8 cm³/mol. The third-order valence-electron chi connectivity index (χ3n) is 2.07. The number of hydrogen-bond donors (Lipinski definition) is 2. The largest absolute Gasteiger partial charge is 0.481 e. The van der Waals surface area contributed by atoms with Crippen LogP contribution in [0.1, 0.15) is 12.0 Å². The van der Waals surface area contributed by atoms with Gasteiger partial charge in [-0.15, -0.1) is 0 Å². The lowest BCUT2D eigenvalue weighted by Crippen LogP contribution is -2.05. The van der Waals surface area contributed by atoms with Gasteiger partial charge in [0.2, 0.25) is 0 Å². The summed E-state index contributed by atoms with van der Waals surface area (Å²) in [6, 6.07) is 7.66. The molecule has 15 heavy (non-hydrogen) atoms. The second-order valence-electron chi connectivity index (χ2n) is 3.21. The van der Waals surface area contributed by atoms with E-state index in [9.17, 15) is 4.79 Å². The molecule has 2 rings (SSSR count). The van der Waals surface area contributed by atoms with Crippen molar-refractivity contribution in [3.8, 4) is 0 Å². The summed E-state index contributed by atoms with van der Waals surface area (Å²) in [4.78, 5) is 10.5. The van der Waals surface area contributed by atoms with E-state index in [1.165, 1.54) is 0 Å². The maximum absolute atomic E-state index is 10.5. The number of nitrogens with zero attached hydrogens (tertiary/aromatic N) is 1. The van der Waals surface area contributed by atoms with Crippen molar-refractivity contribution in [2.45, 2.75) is 6.42 Å².